The zero-order chi connectivity index (χ0) is 18.8. The normalized spacial score (nSPS) is 22.1. The molecule has 1 aromatic rings. The molecule has 27 heavy (non-hydrogen) atoms. The van der Waals surface area contributed by atoms with Crippen molar-refractivity contribution < 1.29 is 4.79 Å². The number of nitrogens with two attached hydrogens (primary N) is 1. The number of carbonyl (C=O) groups is 1. The van der Waals surface area contributed by atoms with E-state index in [-0.39, 0.29) is 18.6 Å². The van der Waals surface area contributed by atoms with E-state index in [2.05, 4.69) is 21.0 Å². The minimum absolute atomic E-state index is 0.0519. The van der Waals surface area contributed by atoms with Crippen molar-refractivity contribution >= 4 is 18.0 Å². The monoisotopic (exact) mass is 363 g/mol. The van der Waals surface area contributed by atoms with Crippen LogP contribution in [0, 0.1) is 11.3 Å². The molecule has 1 atom stereocenters. The Labute approximate surface area is 157 Å². The third-order valence-corrected chi connectivity index (χ3v) is 4.94. The van der Waals surface area contributed by atoms with Gasteiger partial charge in [-0.1, -0.05) is 18.2 Å². The summed E-state index contributed by atoms with van der Waals surface area (Å²) < 4.78 is 0. The highest BCUT2D eigenvalue weighted by Gasteiger charge is 2.37. The van der Waals surface area contributed by atoms with Crippen LogP contribution in [-0.4, -0.2) is 58.3 Å². The zero-order valence-electron chi connectivity index (χ0n) is 15.0. The Morgan fingerprint density at radius 3 is 3.00 bits per heavy atom. The van der Waals surface area contributed by atoms with E-state index in [0.717, 1.165) is 24.9 Å². The maximum atomic E-state index is 13.2. The molecule has 0 aromatic heterocycles. The molecule has 1 fully saturated rings. The van der Waals surface area contributed by atoms with Crippen molar-refractivity contribution in [3.05, 3.63) is 47.7 Å². The van der Waals surface area contributed by atoms with Crippen LogP contribution in [0.25, 0.3) is 0 Å². The smallest absolute Gasteiger partial charge is 0.334 e. The number of benzene rings is 1. The largest absolute Gasteiger partial charge is 0.340 e. The number of aliphatic imine (C=N–C) groups is 2. The molecule has 0 radical (unpaired) electrons. The van der Waals surface area contributed by atoms with Gasteiger partial charge in [-0.25, -0.2) is 9.79 Å². The Balaban J connectivity index is 1.72. The van der Waals surface area contributed by atoms with E-state index in [9.17, 15) is 10.1 Å². The average molecular weight is 363 g/mol. The number of urea groups is 1. The molecule has 0 aliphatic carbocycles. The number of likely N-dealkylation sites (tertiary alicyclic amines) is 1. The molecular weight excluding hydrogens is 342 g/mol. The van der Waals surface area contributed by atoms with E-state index in [4.69, 9.17) is 5.73 Å². The molecule has 1 unspecified atom stereocenters. The van der Waals surface area contributed by atoms with Crippen LogP contribution in [0.2, 0.25) is 0 Å². The van der Waals surface area contributed by atoms with Crippen LogP contribution in [0.3, 0.4) is 0 Å². The molecule has 8 nitrogen and oxygen atoms in total. The molecule has 8 heteroatoms. The third kappa shape index (κ3) is 3.29. The molecule has 2 N–H and O–H groups in total. The molecule has 3 heterocycles. The molecule has 3 aliphatic heterocycles. The van der Waals surface area contributed by atoms with Crippen LogP contribution in [-0.2, 0) is 6.54 Å². The fourth-order valence-corrected chi connectivity index (χ4v) is 3.57. The molecule has 4 rings (SSSR count). The van der Waals surface area contributed by atoms with E-state index in [0.29, 0.717) is 30.6 Å². The number of fused-ring (bicyclic) bond motifs is 1. The van der Waals surface area contributed by atoms with Gasteiger partial charge in [-0.15, -0.1) is 0 Å². The molecule has 1 saturated heterocycles. The van der Waals surface area contributed by atoms with E-state index >= 15 is 0 Å². The van der Waals surface area contributed by atoms with Crippen molar-refractivity contribution in [1.29, 1.82) is 5.26 Å². The van der Waals surface area contributed by atoms with Crippen molar-refractivity contribution in [2.24, 2.45) is 15.7 Å². The van der Waals surface area contributed by atoms with Crippen molar-refractivity contribution in [2.45, 2.75) is 25.4 Å². The molecule has 0 spiro atoms. The van der Waals surface area contributed by atoms with Gasteiger partial charge < -0.3 is 10.6 Å². The fourth-order valence-electron chi connectivity index (χ4n) is 3.57. The molecule has 3 aliphatic rings. The number of carbonyl (C=O) groups excluding carboxylic acids is 1. The molecular formula is C19H21N7O. The van der Waals surface area contributed by atoms with Crippen molar-refractivity contribution in [1.82, 2.24) is 14.7 Å². The number of guanidine groups is 2. The summed E-state index contributed by atoms with van der Waals surface area (Å²) in [7, 11) is 0. The van der Waals surface area contributed by atoms with E-state index < -0.39 is 0 Å². The van der Waals surface area contributed by atoms with Crippen molar-refractivity contribution in [2.75, 3.05) is 19.6 Å². The second-order valence-corrected chi connectivity index (χ2v) is 6.82. The highest BCUT2D eigenvalue weighted by atomic mass is 16.2. The first-order valence-corrected chi connectivity index (χ1v) is 9.06. The zero-order valence-corrected chi connectivity index (χ0v) is 15.0. The summed E-state index contributed by atoms with van der Waals surface area (Å²) in [6.45, 7) is 2.15. The first-order chi connectivity index (χ1) is 13.2. The topological polar surface area (TPSA) is 101 Å². The number of nitriles is 1. The van der Waals surface area contributed by atoms with E-state index in [1.807, 2.05) is 24.3 Å². The lowest BCUT2D eigenvalue weighted by atomic mass is 10.1. The summed E-state index contributed by atoms with van der Waals surface area (Å²) in [6, 6.07) is 9.38. The standard InChI is InChI=1S/C19H21N7O/c20-11-14-5-1-2-6-15(14)12-26-18(24-9-3-7-16(21)13-24)23-17-22-8-4-10-25(17)19(26)27/h1-2,4-6,8,16H,3,7,9-10,12-13,21H2. The van der Waals surface area contributed by atoms with Crippen LogP contribution in [0.4, 0.5) is 4.79 Å². The van der Waals surface area contributed by atoms with Gasteiger partial charge in [0.05, 0.1) is 24.7 Å². The SMILES string of the molecule is N#Cc1ccccc1CN1C(=O)N2CC=CN=C2N=C1N1CCCC(N)C1. The van der Waals surface area contributed by atoms with Gasteiger partial charge in [-0.3, -0.25) is 9.80 Å². The summed E-state index contributed by atoms with van der Waals surface area (Å²) in [5, 5.41) is 9.40. The number of hydrogen-bond acceptors (Lipinski definition) is 6. The van der Waals surface area contributed by atoms with Crippen LogP contribution in [0.1, 0.15) is 24.0 Å². The second kappa shape index (κ2) is 7.21. The Morgan fingerprint density at radius 2 is 2.19 bits per heavy atom. The molecule has 0 bridgehead atoms. The summed E-state index contributed by atoms with van der Waals surface area (Å²) in [5.74, 6) is 0.967. The maximum Gasteiger partial charge on any atom is 0.334 e. The van der Waals surface area contributed by atoms with Crippen molar-refractivity contribution in [3.8, 4) is 6.07 Å². The summed E-state index contributed by atoms with van der Waals surface area (Å²) in [5.41, 5.74) is 7.49. The third-order valence-electron chi connectivity index (χ3n) is 4.94. The molecule has 138 valence electrons. The Kier molecular flexibility index (Phi) is 4.60. The number of amides is 2. The number of piperidine rings is 1. The molecule has 0 saturated carbocycles. The predicted octanol–water partition coefficient (Wildman–Crippen LogP) is 1.46. The first kappa shape index (κ1) is 17.2. The Hall–Kier alpha value is -3.18. The summed E-state index contributed by atoms with van der Waals surface area (Å²) in [6.07, 6.45) is 5.40. The molecule has 2 amide bonds. The van der Waals surface area contributed by atoms with E-state index in [1.165, 1.54) is 0 Å². The van der Waals surface area contributed by atoms with Gasteiger partial charge in [0.15, 0.2) is 0 Å². The van der Waals surface area contributed by atoms with Gasteiger partial charge in [0.2, 0.25) is 11.9 Å². The first-order valence-electron chi connectivity index (χ1n) is 9.06. The lowest BCUT2D eigenvalue weighted by Crippen LogP contribution is -2.60. The van der Waals surface area contributed by atoms with Crippen LogP contribution >= 0.6 is 0 Å². The van der Waals surface area contributed by atoms with Gasteiger partial charge in [-0.2, -0.15) is 10.3 Å². The summed E-state index contributed by atoms with van der Waals surface area (Å²) >= 11 is 0. The van der Waals surface area contributed by atoms with Crippen LogP contribution in [0.15, 0.2) is 46.5 Å². The van der Waals surface area contributed by atoms with Gasteiger partial charge in [0.1, 0.15) is 0 Å². The molecule has 1 aromatic carbocycles. The van der Waals surface area contributed by atoms with Gasteiger partial charge >= 0.3 is 6.03 Å². The van der Waals surface area contributed by atoms with Crippen molar-refractivity contribution in [3.63, 3.8) is 0 Å². The quantitative estimate of drug-likeness (QED) is 0.859. The lowest BCUT2D eigenvalue weighted by Gasteiger charge is -2.42. The maximum absolute atomic E-state index is 13.2. The van der Waals surface area contributed by atoms with Gasteiger partial charge in [0.25, 0.3) is 0 Å². The fraction of sp³-hybridized carbons (Fsp3) is 0.368. The highest BCUT2D eigenvalue weighted by Crippen LogP contribution is 2.22. The highest BCUT2D eigenvalue weighted by molar-refractivity contribution is 6.13. The summed E-state index contributed by atoms with van der Waals surface area (Å²) in [4.78, 5) is 27.4. The Morgan fingerprint density at radius 1 is 1.33 bits per heavy atom. The average Bonchev–Trinajstić information content (AvgIpc) is 2.70. The number of hydrogen-bond donors (Lipinski definition) is 1. The van der Waals surface area contributed by atoms with E-state index in [1.54, 1.807) is 22.1 Å². The minimum atomic E-state index is -0.185. The number of rotatable bonds is 2. The minimum Gasteiger partial charge on any atom is -0.340 e. The number of nitrogens with zero attached hydrogens (tertiary/aromatic N) is 6. The lowest BCUT2D eigenvalue weighted by molar-refractivity contribution is 0.184. The van der Waals surface area contributed by atoms with Gasteiger partial charge in [-0.05, 0) is 30.5 Å². The van der Waals surface area contributed by atoms with Gasteiger partial charge in [0, 0.05) is 25.3 Å². The van der Waals surface area contributed by atoms with Crippen LogP contribution < -0.4 is 5.73 Å². The van der Waals surface area contributed by atoms with Crippen LogP contribution in [0.5, 0.6) is 0 Å². The second-order valence-electron chi connectivity index (χ2n) is 6.82. The Bertz CT molecular complexity index is 882. The predicted molar refractivity (Wildman–Crippen MR) is 102 cm³/mol.